The Bertz CT molecular complexity index is 4520. The van der Waals surface area contributed by atoms with Crippen LogP contribution in [0.5, 0.6) is 0 Å². The van der Waals surface area contributed by atoms with Gasteiger partial charge in [-0.15, -0.1) is 0 Å². The van der Waals surface area contributed by atoms with E-state index < -0.39 is 0 Å². The predicted molar refractivity (Wildman–Crippen MR) is 332 cm³/mol. The van der Waals surface area contributed by atoms with Crippen LogP contribution in [0.15, 0.2) is 297 Å². The number of para-hydroxylation sites is 1. The molecule has 12 aromatic carbocycles. The van der Waals surface area contributed by atoms with Gasteiger partial charge in [0.25, 0.3) is 0 Å². The zero-order valence-electron chi connectivity index (χ0n) is 43.5. The molecule has 374 valence electrons. The lowest BCUT2D eigenvalue weighted by molar-refractivity contribution is 0.951. The Hall–Kier alpha value is -10.8. The monoisotopic (exact) mass is 1020 g/mol. The number of rotatable bonds is 10. The Labute approximate surface area is 463 Å². The lowest BCUT2D eigenvalue weighted by Gasteiger charge is -2.15. The molecule has 0 unspecified atom stereocenters. The van der Waals surface area contributed by atoms with Gasteiger partial charge in [0, 0.05) is 32.7 Å². The zero-order valence-corrected chi connectivity index (χ0v) is 43.5. The molecule has 80 heavy (non-hydrogen) atoms. The van der Waals surface area contributed by atoms with Crippen molar-refractivity contribution in [1.29, 1.82) is 0 Å². The lowest BCUT2D eigenvalue weighted by atomic mass is 9.97. The van der Waals surface area contributed by atoms with Crippen molar-refractivity contribution < 1.29 is 0 Å². The summed E-state index contributed by atoms with van der Waals surface area (Å²) in [5.41, 5.74) is 20.9. The highest BCUT2D eigenvalue weighted by atomic mass is 15.2. The van der Waals surface area contributed by atoms with Crippen LogP contribution in [0.2, 0.25) is 0 Å². The normalized spacial score (nSPS) is 11.5. The van der Waals surface area contributed by atoms with Gasteiger partial charge >= 0.3 is 0 Å². The molecule has 0 fully saturated rings. The van der Waals surface area contributed by atoms with Crippen LogP contribution in [0.1, 0.15) is 0 Å². The highest BCUT2D eigenvalue weighted by molar-refractivity contribution is 6.13. The van der Waals surface area contributed by atoms with E-state index in [1.165, 1.54) is 44.2 Å². The minimum absolute atomic E-state index is 0.533. The van der Waals surface area contributed by atoms with Crippen LogP contribution >= 0.6 is 0 Å². The van der Waals surface area contributed by atoms with Gasteiger partial charge in [0.1, 0.15) is 0 Å². The van der Waals surface area contributed by atoms with Crippen molar-refractivity contribution in [2.24, 2.45) is 0 Å². The first-order valence-electron chi connectivity index (χ1n) is 27.2. The molecular weight excluding hydrogens is 971 g/mol. The van der Waals surface area contributed by atoms with E-state index in [2.05, 4.69) is 288 Å². The minimum atomic E-state index is 0.533. The third kappa shape index (κ3) is 8.33. The smallest absolute Gasteiger partial charge is 0.238 e. The first-order chi connectivity index (χ1) is 39.6. The van der Waals surface area contributed by atoms with Crippen LogP contribution in [-0.2, 0) is 0 Å². The summed E-state index contributed by atoms with van der Waals surface area (Å²) in [7, 11) is 0. The van der Waals surface area contributed by atoms with E-state index in [0.29, 0.717) is 17.6 Å². The maximum Gasteiger partial charge on any atom is 0.238 e. The molecular formula is C75H49N5. The van der Waals surface area contributed by atoms with Crippen molar-refractivity contribution in [3.05, 3.63) is 297 Å². The quantitative estimate of drug-likeness (QED) is 0.137. The van der Waals surface area contributed by atoms with Gasteiger partial charge in [0.15, 0.2) is 11.6 Å². The standard InChI is InChI=1S/C75H49N5/c1-6-18-50(19-7-1)54-30-34-56(35-31-54)61-40-44-71-66(48-61)67-49-62(57-36-32-55(33-37-57)51-20-8-2-9-21-51)41-45-72(67)80(71)75-77-73(58-26-14-5-15-27-58)76-74(78-75)63-28-16-17-29-68(63)79-69-42-38-59(52-22-10-3-11-23-52)46-64(69)65-47-60(39-43-70(65)79)53-24-12-4-13-25-53/h1-49H. The number of hydrogen-bond acceptors (Lipinski definition) is 3. The van der Waals surface area contributed by atoms with Crippen LogP contribution in [0, 0.1) is 0 Å². The van der Waals surface area contributed by atoms with E-state index in [9.17, 15) is 0 Å². The van der Waals surface area contributed by atoms with E-state index in [1.807, 2.05) is 18.2 Å². The topological polar surface area (TPSA) is 48.5 Å². The highest BCUT2D eigenvalue weighted by Crippen LogP contribution is 2.42. The summed E-state index contributed by atoms with van der Waals surface area (Å²) in [5.74, 6) is 1.69. The summed E-state index contributed by atoms with van der Waals surface area (Å²) in [6.07, 6.45) is 0. The molecule has 0 amide bonds. The van der Waals surface area contributed by atoms with E-state index in [1.54, 1.807) is 0 Å². The summed E-state index contributed by atoms with van der Waals surface area (Å²) < 4.78 is 4.61. The second-order valence-corrected chi connectivity index (χ2v) is 20.4. The molecule has 0 spiro atoms. The molecule has 0 aliphatic carbocycles. The van der Waals surface area contributed by atoms with Gasteiger partial charge in [0.2, 0.25) is 5.95 Å². The summed E-state index contributed by atoms with van der Waals surface area (Å²) in [6.45, 7) is 0. The average molecular weight is 1020 g/mol. The van der Waals surface area contributed by atoms with Crippen LogP contribution < -0.4 is 0 Å². The number of fused-ring (bicyclic) bond motifs is 6. The average Bonchev–Trinajstić information content (AvgIpc) is 4.06. The first-order valence-corrected chi connectivity index (χ1v) is 27.2. The van der Waals surface area contributed by atoms with Gasteiger partial charge in [-0.1, -0.05) is 237 Å². The zero-order chi connectivity index (χ0) is 52.9. The van der Waals surface area contributed by atoms with E-state index in [4.69, 9.17) is 15.0 Å². The fourth-order valence-corrected chi connectivity index (χ4v) is 11.6. The van der Waals surface area contributed by atoms with Gasteiger partial charge in [-0.05, 0) is 127 Å². The molecule has 0 radical (unpaired) electrons. The second-order valence-electron chi connectivity index (χ2n) is 20.4. The second kappa shape index (κ2) is 19.7. The van der Waals surface area contributed by atoms with Crippen LogP contribution in [-0.4, -0.2) is 24.1 Å². The van der Waals surface area contributed by atoms with E-state index >= 15 is 0 Å². The van der Waals surface area contributed by atoms with Crippen LogP contribution in [0.25, 0.3) is 145 Å². The van der Waals surface area contributed by atoms with E-state index in [-0.39, 0.29) is 0 Å². The molecule has 3 aromatic heterocycles. The van der Waals surface area contributed by atoms with Gasteiger partial charge in [-0.2, -0.15) is 9.97 Å². The molecule has 15 aromatic rings. The SMILES string of the molecule is c1ccc(-c2ccc(-c3ccc4c(c3)c3cc(-c5ccc(-c6ccccc6)cc5)ccc3n4-c3nc(-c4ccccc4)nc(-c4ccccc4-n4c5ccc(-c6ccccc6)cc5c5cc(-c6ccccc6)ccc54)n3)cc2)cc1. The summed E-state index contributed by atoms with van der Waals surface area (Å²) in [6, 6.07) is 106. The van der Waals surface area contributed by atoms with Gasteiger partial charge in [-0.25, -0.2) is 4.98 Å². The Balaban J connectivity index is 0.931. The molecule has 0 aliphatic heterocycles. The number of hydrogen-bond donors (Lipinski definition) is 0. The molecule has 15 rings (SSSR count). The minimum Gasteiger partial charge on any atom is -0.309 e. The van der Waals surface area contributed by atoms with Gasteiger partial charge in [-0.3, -0.25) is 4.57 Å². The Morgan fingerprint density at radius 2 is 0.475 bits per heavy atom. The molecule has 5 heteroatoms. The summed E-state index contributed by atoms with van der Waals surface area (Å²) in [4.78, 5) is 16.4. The third-order valence-electron chi connectivity index (χ3n) is 15.6. The number of nitrogens with zero attached hydrogens (tertiary/aromatic N) is 5. The summed E-state index contributed by atoms with van der Waals surface area (Å²) in [5, 5.41) is 4.54. The maximum absolute atomic E-state index is 5.58. The van der Waals surface area contributed by atoms with Crippen molar-refractivity contribution in [2.75, 3.05) is 0 Å². The van der Waals surface area contributed by atoms with Crippen molar-refractivity contribution in [3.63, 3.8) is 0 Å². The van der Waals surface area contributed by atoms with E-state index in [0.717, 1.165) is 83.0 Å². The molecule has 5 nitrogen and oxygen atoms in total. The van der Waals surface area contributed by atoms with Gasteiger partial charge in [0.05, 0.1) is 27.8 Å². The maximum atomic E-state index is 5.58. The fraction of sp³-hybridized carbons (Fsp3) is 0. The Morgan fingerprint density at radius 1 is 0.200 bits per heavy atom. The molecule has 0 saturated heterocycles. The van der Waals surface area contributed by atoms with Gasteiger partial charge < -0.3 is 4.57 Å². The predicted octanol–water partition coefficient (Wildman–Crippen LogP) is 19.4. The Kier molecular flexibility index (Phi) is 11.4. The van der Waals surface area contributed by atoms with Crippen LogP contribution in [0.4, 0.5) is 0 Å². The molecule has 0 atom stereocenters. The molecule has 0 N–H and O–H groups in total. The molecule has 0 bridgehead atoms. The fourth-order valence-electron chi connectivity index (χ4n) is 11.6. The highest BCUT2D eigenvalue weighted by Gasteiger charge is 2.23. The van der Waals surface area contributed by atoms with Crippen molar-refractivity contribution >= 4 is 43.6 Å². The number of aromatic nitrogens is 5. The third-order valence-corrected chi connectivity index (χ3v) is 15.6. The molecule has 0 saturated carbocycles. The first kappa shape index (κ1) is 46.5. The largest absolute Gasteiger partial charge is 0.309 e. The lowest BCUT2D eigenvalue weighted by Crippen LogP contribution is -2.07. The van der Waals surface area contributed by atoms with Crippen molar-refractivity contribution in [2.45, 2.75) is 0 Å². The summed E-state index contributed by atoms with van der Waals surface area (Å²) >= 11 is 0. The van der Waals surface area contributed by atoms with Crippen molar-refractivity contribution in [1.82, 2.24) is 24.1 Å². The molecule has 3 heterocycles. The number of benzene rings is 12. The Morgan fingerprint density at radius 3 is 0.863 bits per heavy atom. The molecule has 0 aliphatic rings. The van der Waals surface area contributed by atoms with Crippen LogP contribution in [0.3, 0.4) is 0 Å². The van der Waals surface area contributed by atoms with Crippen molar-refractivity contribution in [3.8, 4) is 101 Å².